The van der Waals surface area contributed by atoms with Crippen LogP contribution in [-0.4, -0.2) is 30.9 Å². The van der Waals surface area contributed by atoms with E-state index < -0.39 is 22.8 Å². The third-order valence-electron chi connectivity index (χ3n) is 4.65. The van der Waals surface area contributed by atoms with Crippen LogP contribution in [0.25, 0.3) is 0 Å². The third kappa shape index (κ3) is 2.28. The van der Waals surface area contributed by atoms with Crippen molar-refractivity contribution < 1.29 is 23.9 Å². The molecule has 2 aliphatic rings. The molecule has 0 aromatic heterocycles. The van der Waals surface area contributed by atoms with Gasteiger partial charge in [-0.25, -0.2) is 0 Å². The SMILES string of the molecule is CCOC(=O)C1(C(=O)OCC)CC2=C(C)C(=O)C[C@@]2(C)C1. The van der Waals surface area contributed by atoms with E-state index in [2.05, 4.69) is 0 Å². The number of ether oxygens (including phenoxy) is 2. The Morgan fingerprint density at radius 1 is 1.10 bits per heavy atom. The molecule has 5 nitrogen and oxygen atoms in total. The summed E-state index contributed by atoms with van der Waals surface area (Å²) in [6.07, 6.45) is 0.879. The highest BCUT2D eigenvalue weighted by molar-refractivity contribution is 6.05. The fraction of sp³-hybridized carbons (Fsp3) is 0.688. The zero-order valence-electron chi connectivity index (χ0n) is 13.1. The van der Waals surface area contributed by atoms with E-state index in [1.807, 2.05) is 6.92 Å². The molecule has 0 radical (unpaired) electrons. The van der Waals surface area contributed by atoms with Gasteiger partial charge in [0.05, 0.1) is 13.2 Å². The number of hydrogen-bond donors (Lipinski definition) is 0. The topological polar surface area (TPSA) is 69.7 Å². The van der Waals surface area contributed by atoms with Crippen molar-refractivity contribution in [1.29, 1.82) is 0 Å². The highest BCUT2D eigenvalue weighted by Gasteiger charge is 2.62. The van der Waals surface area contributed by atoms with Gasteiger partial charge < -0.3 is 9.47 Å². The number of carbonyl (C=O) groups excluding carboxylic acids is 3. The van der Waals surface area contributed by atoms with Gasteiger partial charge in [-0.1, -0.05) is 12.5 Å². The van der Waals surface area contributed by atoms with E-state index in [0.29, 0.717) is 12.0 Å². The molecule has 0 bridgehead atoms. The Balaban J connectivity index is 2.44. The molecule has 0 heterocycles. The van der Waals surface area contributed by atoms with Crippen molar-refractivity contribution in [2.75, 3.05) is 13.2 Å². The summed E-state index contributed by atoms with van der Waals surface area (Å²) >= 11 is 0. The van der Waals surface area contributed by atoms with E-state index in [1.54, 1.807) is 20.8 Å². The summed E-state index contributed by atoms with van der Waals surface area (Å²) in [4.78, 5) is 36.7. The van der Waals surface area contributed by atoms with E-state index in [0.717, 1.165) is 5.57 Å². The summed E-state index contributed by atoms with van der Waals surface area (Å²) in [6, 6.07) is 0. The van der Waals surface area contributed by atoms with Crippen molar-refractivity contribution in [1.82, 2.24) is 0 Å². The molecule has 2 rings (SSSR count). The molecule has 21 heavy (non-hydrogen) atoms. The van der Waals surface area contributed by atoms with Crippen molar-refractivity contribution in [3.05, 3.63) is 11.1 Å². The predicted molar refractivity (Wildman–Crippen MR) is 75.4 cm³/mol. The first-order valence-electron chi connectivity index (χ1n) is 7.38. The summed E-state index contributed by atoms with van der Waals surface area (Å²) in [7, 11) is 0. The zero-order chi connectivity index (χ0) is 15.8. The maximum absolute atomic E-state index is 12.4. The van der Waals surface area contributed by atoms with E-state index >= 15 is 0 Å². The van der Waals surface area contributed by atoms with Crippen LogP contribution < -0.4 is 0 Å². The Morgan fingerprint density at radius 3 is 2.05 bits per heavy atom. The first kappa shape index (κ1) is 15.7. The highest BCUT2D eigenvalue weighted by atomic mass is 16.6. The van der Waals surface area contributed by atoms with Crippen LogP contribution in [0.3, 0.4) is 0 Å². The lowest BCUT2D eigenvalue weighted by Crippen LogP contribution is -2.41. The lowest BCUT2D eigenvalue weighted by Gasteiger charge is -2.26. The van der Waals surface area contributed by atoms with Gasteiger partial charge in [0.2, 0.25) is 0 Å². The van der Waals surface area contributed by atoms with Crippen LogP contribution in [0.1, 0.15) is 47.0 Å². The molecular formula is C16H22O5. The van der Waals surface area contributed by atoms with Crippen LogP contribution >= 0.6 is 0 Å². The number of fused-ring (bicyclic) bond motifs is 1. The second-order valence-corrected chi connectivity index (χ2v) is 6.14. The minimum atomic E-state index is -1.29. The summed E-state index contributed by atoms with van der Waals surface area (Å²) < 4.78 is 10.2. The molecule has 0 spiro atoms. The quantitative estimate of drug-likeness (QED) is 0.587. The third-order valence-corrected chi connectivity index (χ3v) is 4.65. The van der Waals surface area contributed by atoms with E-state index in [4.69, 9.17) is 9.47 Å². The van der Waals surface area contributed by atoms with Crippen LogP contribution in [0.15, 0.2) is 11.1 Å². The van der Waals surface area contributed by atoms with Crippen molar-refractivity contribution in [2.45, 2.75) is 47.0 Å². The van der Waals surface area contributed by atoms with Gasteiger partial charge in [-0.15, -0.1) is 0 Å². The van der Waals surface area contributed by atoms with E-state index in [1.165, 1.54) is 0 Å². The monoisotopic (exact) mass is 294 g/mol. The van der Waals surface area contributed by atoms with E-state index in [9.17, 15) is 14.4 Å². The summed E-state index contributed by atoms with van der Waals surface area (Å²) in [5, 5.41) is 0. The summed E-state index contributed by atoms with van der Waals surface area (Å²) in [6.45, 7) is 7.57. The molecule has 0 aromatic rings. The maximum atomic E-state index is 12.4. The molecule has 0 amide bonds. The lowest BCUT2D eigenvalue weighted by atomic mass is 9.79. The van der Waals surface area contributed by atoms with Gasteiger partial charge in [-0.2, -0.15) is 0 Å². The standard InChI is InChI=1S/C16H22O5/c1-5-20-13(18)16(14(19)21-6-2)7-11-10(3)12(17)8-15(11,4)9-16/h5-9H2,1-4H3/t15-/m0/s1. The number of esters is 2. The zero-order valence-corrected chi connectivity index (χ0v) is 13.1. The molecule has 5 heteroatoms. The smallest absolute Gasteiger partial charge is 0.323 e. The van der Waals surface area contributed by atoms with Crippen LogP contribution in [-0.2, 0) is 23.9 Å². The average Bonchev–Trinajstić information content (AvgIpc) is 2.82. The largest absolute Gasteiger partial charge is 0.465 e. The number of Topliss-reactive ketones (excluding diaryl/α,β-unsaturated/α-hetero) is 1. The van der Waals surface area contributed by atoms with Crippen LogP contribution in [0.5, 0.6) is 0 Å². The van der Waals surface area contributed by atoms with Gasteiger partial charge in [0, 0.05) is 6.42 Å². The van der Waals surface area contributed by atoms with Crippen molar-refractivity contribution in [3.8, 4) is 0 Å². The number of carbonyl (C=O) groups is 3. The van der Waals surface area contributed by atoms with Gasteiger partial charge >= 0.3 is 11.9 Å². The molecule has 2 aliphatic carbocycles. The average molecular weight is 294 g/mol. The van der Waals surface area contributed by atoms with Gasteiger partial charge in [0.25, 0.3) is 0 Å². The van der Waals surface area contributed by atoms with Crippen LogP contribution in [0.4, 0.5) is 0 Å². The molecule has 0 unspecified atom stereocenters. The Hall–Kier alpha value is -1.65. The van der Waals surface area contributed by atoms with Gasteiger partial charge in [0.1, 0.15) is 0 Å². The van der Waals surface area contributed by atoms with E-state index in [-0.39, 0.29) is 31.8 Å². The normalized spacial score (nSPS) is 26.8. The van der Waals surface area contributed by atoms with Crippen molar-refractivity contribution in [3.63, 3.8) is 0 Å². The molecule has 1 saturated carbocycles. The van der Waals surface area contributed by atoms with Crippen LogP contribution in [0.2, 0.25) is 0 Å². The molecule has 1 fully saturated rings. The maximum Gasteiger partial charge on any atom is 0.323 e. The van der Waals surface area contributed by atoms with Gasteiger partial charge in [0.15, 0.2) is 11.2 Å². The van der Waals surface area contributed by atoms with Gasteiger partial charge in [-0.3, -0.25) is 14.4 Å². The number of ketones is 1. The minimum Gasteiger partial charge on any atom is -0.465 e. The highest BCUT2D eigenvalue weighted by Crippen LogP contribution is 2.60. The second kappa shape index (κ2) is 5.28. The fourth-order valence-electron chi connectivity index (χ4n) is 3.67. The minimum absolute atomic E-state index is 0.105. The predicted octanol–water partition coefficient (Wildman–Crippen LogP) is 2.19. The molecule has 0 N–H and O–H groups in total. The van der Waals surface area contributed by atoms with Crippen LogP contribution in [0, 0.1) is 10.8 Å². The Bertz CT molecular complexity index is 513. The molecule has 1 atom stereocenters. The summed E-state index contributed by atoms with van der Waals surface area (Å²) in [5.74, 6) is -0.965. The first-order chi connectivity index (χ1) is 9.80. The van der Waals surface area contributed by atoms with Gasteiger partial charge in [-0.05, 0) is 44.6 Å². The fourth-order valence-corrected chi connectivity index (χ4v) is 3.67. The van der Waals surface area contributed by atoms with Crippen molar-refractivity contribution >= 4 is 17.7 Å². The first-order valence-corrected chi connectivity index (χ1v) is 7.38. The lowest BCUT2D eigenvalue weighted by molar-refractivity contribution is -0.172. The number of allylic oxidation sites excluding steroid dienone is 2. The molecule has 0 saturated heterocycles. The molecular weight excluding hydrogens is 272 g/mol. The summed E-state index contributed by atoms with van der Waals surface area (Å²) in [5.41, 5.74) is -0.125. The van der Waals surface area contributed by atoms with Crippen molar-refractivity contribution in [2.24, 2.45) is 10.8 Å². The molecule has 0 aromatic carbocycles. The molecule has 0 aliphatic heterocycles. The Labute approximate surface area is 124 Å². The number of hydrogen-bond acceptors (Lipinski definition) is 5. The number of rotatable bonds is 4. The molecule has 116 valence electrons. The Kier molecular flexibility index (Phi) is 3.95. The second-order valence-electron chi connectivity index (χ2n) is 6.14. The Morgan fingerprint density at radius 2 is 1.62 bits per heavy atom.